The maximum atomic E-state index is 6.44. The van der Waals surface area contributed by atoms with E-state index in [9.17, 15) is 0 Å². The molecule has 2 nitrogen and oxygen atoms in total. The van der Waals surface area contributed by atoms with Gasteiger partial charge in [0, 0.05) is 34.5 Å². The van der Waals surface area contributed by atoms with Crippen molar-refractivity contribution < 1.29 is 0 Å². The van der Waals surface area contributed by atoms with Crippen molar-refractivity contribution in [2.24, 2.45) is 11.8 Å². The molecule has 4 fully saturated rings. The Balaban J connectivity index is 1.41. The highest BCUT2D eigenvalue weighted by molar-refractivity contribution is 7.11. The zero-order valence-corrected chi connectivity index (χ0v) is 18.4. The first-order chi connectivity index (χ1) is 13.2. The van der Waals surface area contributed by atoms with Crippen LogP contribution < -0.4 is 0 Å². The summed E-state index contributed by atoms with van der Waals surface area (Å²) in [6.07, 6.45) is 18.6. The molecular formula is C23H35ClN2S. The highest BCUT2D eigenvalue weighted by Crippen LogP contribution is 2.53. The third-order valence-electron chi connectivity index (χ3n) is 8.46. The molecule has 4 aliphatic rings. The topological polar surface area (TPSA) is 16.1 Å². The molecule has 4 heteroatoms. The van der Waals surface area contributed by atoms with E-state index in [2.05, 4.69) is 29.5 Å². The second-order valence-electron chi connectivity index (χ2n) is 9.84. The van der Waals surface area contributed by atoms with E-state index in [0.717, 1.165) is 29.8 Å². The smallest absolute Gasteiger partial charge is 0.0977 e. The number of hydrogen-bond acceptors (Lipinski definition) is 3. The van der Waals surface area contributed by atoms with Crippen LogP contribution in [0.5, 0.6) is 0 Å². The number of nitrogens with zero attached hydrogens (tertiary/aromatic N) is 2. The van der Waals surface area contributed by atoms with Crippen molar-refractivity contribution in [1.29, 1.82) is 0 Å². The molecule has 1 aromatic rings. The van der Waals surface area contributed by atoms with Gasteiger partial charge in [0.05, 0.1) is 5.01 Å². The minimum atomic E-state index is 0.431. The fourth-order valence-corrected chi connectivity index (χ4v) is 8.45. The summed E-state index contributed by atoms with van der Waals surface area (Å²) in [5.74, 6) is 3.19. The predicted octanol–water partition coefficient (Wildman–Crippen LogP) is 6.55. The van der Waals surface area contributed by atoms with Gasteiger partial charge in [-0.1, -0.05) is 19.3 Å². The molecule has 2 aliphatic heterocycles. The molecule has 0 spiro atoms. The molecule has 0 radical (unpaired) electrons. The average Bonchev–Trinajstić information content (AvgIpc) is 3.26. The van der Waals surface area contributed by atoms with Crippen LogP contribution in [0.25, 0.3) is 0 Å². The summed E-state index contributed by atoms with van der Waals surface area (Å²) < 4.78 is 0. The summed E-state index contributed by atoms with van der Waals surface area (Å²) in [5, 5.41) is 1.91. The molecule has 4 atom stereocenters. The molecule has 2 bridgehead atoms. The Bertz CT molecular complexity index is 632. The zero-order valence-electron chi connectivity index (χ0n) is 16.8. The fraction of sp³-hybridized carbons (Fsp3) is 0.870. The van der Waals surface area contributed by atoms with Crippen LogP contribution in [-0.2, 0) is 0 Å². The van der Waals surface area contributed by atoms with Crippen LogP contribution in [-0.4, -0.2) is 34.4 Å². The van der Waals surface area contributed by atoms with E-state index in [4.69, 9.17) is 16.6 Å². The van der Waals surface area contributed by atoms with E-state index in [0.29, 0.717) is 11.3 Å². The SMILES string of the molecule is CN1C2CC[C@@H]1C[C@H](C1CCC(Cl)CC1)C2c1ncc(C2CCCCC2)s1. The van der Waals surface area contributed by atoms with E-state index in [1.807, 2.05) is 0 Å². The first-order valence-corrected chi connectivity index (χ1v) is 12.8. The number of piperidine rings is 1. The normalized spacial score (nSPS) is 41.1. The van der Waals surface area contributed by atoms with Gasteiger partial charge in [0.25, 0.3) is 0 Å². The van der Waals surface area contributed by atoms with Crippen molar-refractivity contribution in [2.75, 3.05) is 7.05 Å². The Kier molecular flexibility index (Phi) is 5.56. The van der Waals surface area contributed by atoms with Gasteiger partial charge in [-0.2, -0.15) is 0 Å². The van der Waals surface area contributed by atoms with Crippen molar-refractivity contribution in [3.63, 3.8) is 0 Å². The lowest BCUT2D eigenvalue weighted by atomic mass is 9.68. The number of thiazole rings is 1. The van der Waals surface area contributed by atoms with Crippen molar-refractivity contribution in [3.8, 4) is 0 Å². The largest absolute Gasteiger partial charge is 0.300 e. The summed E-state index contributed by atoms with van der Waals surface area (Å²) in [6, 6.07) is 1.55. The van der Waals surface area contributed by atoms with Crippen molar-refractivity contribution in [2.45, 2.75) is 106 Å². The van der Waals surface area contributed by atoms with Gasteiger partial charge < -0.3 is 0 Å². The van der Waals surface area contributed by atoms with Crippen molar-refractivity contribution in [1.82, 2.24) is 9.88 Å². The van der Waals surface area contributed by atoms with Crippen LogP contribution in [0.2, 0.25) is 0 Å². The minimum absolute atomic E-state index is 0.431. The Morgan fingerprint density at radius 3 is 2.56 bits per heavy atom. The van der Waals surface area contributed by atoms with Crippen LogP contribution in [0.4, 0.5) is 0 Å². The molecule has 2 aliphatic carbocycles. The van der Waals surface area contributed by atoms with Crippen LogP contribution >= 0.6 is 22.9 Å². The number of fused-ring (bicyclic) bond motifs is 2. The number of halogens is 1. The molecule has 0 amide bonds. The maximum Gasteiger partial charge on any atom is 0.0977 e. The van der Waals surface area contributed by atoms with E-state index >= 15 is 0 Å². The van der Waals surface area contributed by atoms with Gasteiger partial charge in [-0.3, -0.25) is 4.90 Å². The lowest BCUT2D eigenvalue weighted by Crippen LogP contribution is -2.47. The number of aromatic nitrogens is 1. The highest BCUT2D eigenvalue weighted by Gasteiger charge is 2.49. The maximum absolute atomic E-state index is 6.44. The molecule has 1 aromatic heterocycles. The van der Waals surface area contributed by atoms with E-state index in [1.165, 1.54) is 82.1 Å². The Morgan fingerprint density at radius 1 is 1.00 bits per heavy atom. The first-order valence-electron chi connectivity index (χ1n) is 11.5. The van der Waals surface area contributed by atoms with Gasteiger partial charge in [-0.15, -0.1) is 22.9 Å². The number of hydrogen-bond donors (Lipinski definition) is 0. The summed E-state index contributed by atoms with van der Waals surface area (Å²) in [7, 11) is 2.39. The van der Waals surface area contributed by atoms with Gasteiger partial charge in [-0.25, -0.2) is 4.98 Å². The molecule has 27 heavy (non-hydrogen) atoms. The monoisotopic (exact) mass is 406 g/mol. The lowest BCUT2D eigenvalue weighted by molar-refractivity contribution is 0.0633. The quantitative estimate of drug-likeness (QED) is 0.528. The van der Waals surface area contributed by atoms with Crippen LogP contribution in [0.3, 0.4) is 0 Å². The predicted molar refractivity (Wildman–Crippen MR) is 115 cm³/mol. The molecule has 3 heterocycles. The molecule has 2 saturated carbocycles. The van der Waals surface area contributed by atoms with Gasteiger partial charge in [0.15, 0.2) is 0 Å². The fourth-order valence-electron chi connectivity index (χ4n) is 6.88. The third kappa shape index (κ3) is 3.62. The van der Waals surface area contributed by atoms with Crippen LogP contribution in [0.1, 0.15) is 98.8 Å². The Morgan fingerprint density at radius 2 is 1.78 bits per heavy atom. The zero-order chi connectivity index (χ0) is 18.4. The molecule has 2 saturated heterocycles. The third-order valence-corrected chi connectivity index (χ3v) is 10.2. The van der Waals surface area contributed by atoms with Crippen molar-refractivity contribution >= 4 is 22.9 Å². The van der Waals surface area contributed by atoms with Crippen molar-refractivity contribution in [3.05, 3.63) is 16.1 Å². The number of rotatable bonds is 3. The molecule has 0 N–H and O–H groups in total. The first kappa shape index (κ1) is 18.9. The van der Waals surface area contributed by atoms with E-state index in [-0.39, 0.29) is 0 Å². The number of likely N-dealkylation sites (N-methyl/N-ethyl adjacent to an activating group) is 1. The Labute approximate surface area is 174 Å². The lowest BCUT2D eigenvalue weighted by Gasteiger charge is -2.46. The molecule has 5 rings (SSSR count). The van der Waals surface area contributed by atoms with Gasteiger partial charge in [0.2, 0.25) is 0 Å². The molecule has 0 aromatic carbocycles. The molecular weight excluding hydrogens is 372 g/mol. The van der Waals surface area contributed by atoms with Gasteiger partial charge >= 0.3 is 0 Å². The minimum Gasteiger partial charge on any atom is -0.300 e. The van der Waals surface area contributed by atoms with E-state index < -0.39 is 0 Å². The summed E-state index contributed by atoms with van der Waals surface area (Å²) in [6.45, 7) is 0. The Hall–Kier alpha value is -0.120. The van der Waals surface area contributed by atoms with Gasteiger partial charge in [-0.05, 0) is 82.6 Å². The number of alkyl halides is 1. The summed E-state index contributed by atoms with van der Waals surface area (Å²) in [4.78, 5) is 9.40. The standard InChI is InChI=1S/C23H35ClN2S/c1-26-18-11-12-20(26)22(19(13-18)15-7-9-17(24)10-8-15)23-25-14-21(27-23)16-5-3-2-4-6-16/h14-20,22H,2-13H2,1H3/t15?,17?,18-,19-,20?,22?/m1/s1. The summed E-state index contributed by atoms with van der Waals surface area (Å²) in [5.41, 5.74) is 0. The molecule has 2 unspecified atom stereocenters. The summed E-state index contributed by atoms with van der Waals surface area (Å²) >= 11 is 8.53. The van der Waals surface area contributed by atoms with Crippen LogP contribution in [0, 0.1) is 11.8 Å². The van der Waals surface area contributed by atoms with E-state index in [1.54, 1.807) is 4.88 Å². The average molecular weight is 407 g/mol. The highest BCUT2D eigenvalue weighted by atomic mass is 35.5. The van der Waals surface area contributed by atoms with Crippen LogP contribution in [0.15, 0.2) is 6.20 Å². The molecule has 150 valence electrons. The second-order valence-corrected chi connectivity index (χ2v) is 11.5. The van der Waals surface area contributed by atoms with Gasteiger partial charge in [0.1, 0.15) is 0 Å². The second kappa shape index (κ2) is 7.95.